The summed E-state index contributed by atoms with van der Waals surface area (Å²) in [5.74, 6) is 0. The van der Waals surface area contributed by atoms with E-state index in [0.717, 1.165) is 30.5 Å². The third-order valence-corrected chi connectivity index (χ3v) is 3.63. The molecule has 3 rings (SSSR count). The average Bonchev–Trinajstić information content (AvgIpc) is 2.88. The summed E-state index contributed by atoms with van der Waals surface area (Å²) in [5.41, 5.74) is 1.79. The number of imidazole rings is 1. The van der Waals surface area contributed by atoms with Crippen molar-refractivity contribution in [1.29, 1.82) is 0 Å². The van der Waals surface area contributed by atoms with Gasteiger partial charge in [-0.25, -0.2) is 9.78 Å². The van der Waals surface area contributed by atoms with Crippen molar-refractivity contribution in [2.24, 2.45) is 4.99 Å². The zero-order valence-corrected chi connectivity index (χ0v) is 9.91. The maximum absolute atomic E-state index is 10.6. The topological polar surface area (TPSA) is 47.2 Å². The quantitative estimate of drug-likeness (QED) is 0.610. The number of aliphatic imine (C=N–C) groups is 1. The molecule has 0 atom stereocenters. The van der Waals surface area contributed by atoms with Crippen LogP contribution in [0.3, 0.4) is 0 Å². The van der Waals surface area contributed by atoms with E-state index in [1.807, 2.05) is 29.0 Å². The Kier molecular flexibility index (Phi) is 2.58. The molecule has 0 unspecified atom stereocenters. The Bertz CT molecular complexity index is 593. The van der Waals surface area contributed by atoms with Crippen molar-refractivity contribution in [2.45, 2.75) is 24.8 Å². The summed E-state index contributed by atoms with van der Waals surface area (Å²) in [7, 11) is 0. The molecule has 1 saturated carbocycles. The van der Waals surface area contributed by atoms with E-state index in [9.17, 15) is 4.79 Å². The van der Waals surface area contributed by atoms with Crippen LogP contribution in [0.25, 0.3) is 5.69 Å². The van der Waals surface area contributed by atoms with Gasteiger partial charge in [0, 0.05) is 18.1 Å². The summed E-state index contributed by atoms with van der Waals surface area (Å²) >= 11 is 0. The zero-order valence-electron chi connectivity index (χ0n) is 9.91. The Balaban J connectivity index is 2.03. The van der Waals surface area contributed by atoms with Crippen molar-refractivity contribution >= 4 is 6.08 Å². The van der Waals surface area contributed by atoms with Gasteiger partial charge in [0.25, 0.3) is 0 Å². The second kappa shape index (κ2) is 4.24. The van der Waals surface area contributed by atoms with Crippen LogP contribution in [0.2, 0.25) is 0 Å². The van der Waals surface area contributed by atoms with Crippen molar-refractivity contribution < 1.29 is 4.79 Å². The fourth-order valence-electron chi connectivity index (χ4n) is 2.43. The molecule has 1 aromatic heterocycles. The Morgan fingerprint density at radius 3 is 2.89 bits per heavy atom. The molecular weight excluding hydrogens is 226 g/mol. The van der Waals surface area contributed by atoms with Crippen LogP contribution >= 0.6 is 0 Å². The molecule has 2 aromatic rings. The molecule has 0 N–H and O–H groups in total. The second-order valence-electron chi connectivity index (χ2n) is 4.61. The molecule has 1 heterocycles. The Hall–Kier alpha value is -2.19. The normalized spacial score (nSPS) is 16.7. The molecule has 18 heavy (non-hydrogen) atoms. The summed E-state index contributed by atoms with van der Waals surface area (Å²) in [5, 5.41) is 0. The van der Waals surface area contributed by atoms with Crippen LogP contribution in [0, 0.1) is 0 Å². The molecule has 1 fully saturated rings. The molecule has 0 amide bonds. The molecule has 4 heteroatoms. The standard InChI is InChI=1S/C14H13N3O/c18-11-16-14(5-2-6-14)12-3-1-4-13(9-12)17-8-7-15-10-17/h1,3-4,7-10H,2,5-6H2. The molecule has 90 valence electrons. The van der Waals surface area contributed by atoms with Crippen LogP contribution in [-0.2, 0) is 10.3 Å². The molecule has 0 radical (unpaired) electrons. The Morgan fingerprint density at radius 2 is 2.28 bits per heavy atom. The highest BCUT2D eigenvalue weighted by Crippen LogP contribution is 2.44. The molecule has 1 aliphatic rings. The molecule has 1 aromatic carbocycles. The molecular formula is C14H13N3O. The third-order valence-electron chi connectivity index (χ3n) is 3.63. The van der Waals surface area contributed by atoms with Crippen molar-refractivity contribution in [3.05, 3.63) is 48.5 Å². The lowest BCUT2D eigenvalue weighted by atomic mass is 9.72. The van der Waals surface area contributed by atoms with E-state index in [0.29, 0.717) is 0 Å². The van der Waals surface area contributed by atoms with Crippen LogP contribution in [0.4, 0.5) is 0 Å². The van der Waals surface area contributed by atoms with Gasteiger partial charge < -0.3 is 4.57 Å². The largest absolute Gasteiger partial charge is 0.306 e. The zero-order chi connectivity index (χ0) is 12.4. The average molecular weight is 239 g/mol. The second-order valence-corrected chi connectivity index (χ2v) is 4.61. The van der Waals surface area contributed by atoms with Gasteiger partial charge in [0.1, 0.15) is 0 Å². The molecule has 0 aliphatic heterocycles. The third kappa shape index (κ3) is 1.67. The van der Waals surface area contributed by atoms with Crippen molar-refractivity contribution in [2.75, 3.05) is 0 Å². The van der Waals surface area contributed by atoms with Crippen molar-refractivity contribution in [1.82, 2.24) is 9.55 Å². The highest BCUT2D eigenvalue weighted by molar-refractivity contribution is 5.43. The smallest absolute Gasteiger partial charge is 0.235 e. The van der Waals surface area contributed by atoms with Gasteiger partial charge in [0.2, 0.25) is 6.08 Å². The van der Waals surface area contributed by atoms with Gasteiger partial charge in [-0.3, -0.25) is 0 Å². The number of nitrogens with zero attached hydrogens (tertiary/aromatic N) is 3. The summed E-state index contributed by atoms with van der Waals surface area (Å²) < 4.78 is 1.94. The first-order valence-corrected chi connectivity index (χ1v) is 6.02. The molecule has 4 nitrogen and oxygen atoms in total. The van der Waals surface area contributed by atoms with E-state index in [-0.39, 0.29) is 5.54 Å². The summed E-state index contributed by atoms with van der Waals surface area (Å²) in [4.78, 5) is 18.7. The number of aromatic nitrogens is 2. The van der Waals surface area contributed by atoms with Crippen LogP contribution < -0.4 is 0 Å². The fourth-order valence-corrected chi connectivity index (χ4v) is 2.43. The van der Waals surface area contributed by atoms with E-state index < -0.39 is 0 Å². The van der Waals surface area contributed by atoms with Crippen LogP contribution in [0.5, 0.6) is 0 Å². The summed E-state index contributed by atoms with van der Waals surface area (Å²) in [6.45, 7) is 0. The first-order valence-electron chi connectivity index (χ1n) is 6.02. The van der Waals surface area contributed by atoms with Gasteiger partial charge in [-0.2, -0.15) is 4.99 Å². The van der Waals surface area contributed by atoms with E-state index in [2.05, 4.69) is 16.0 Å². The first-order chi connectivity index (χ1) is 8.84. The fraction of sp³-hybridized carbons (Fsp3) is 0.286. The lowest BCUT2D eigenvalue weighted by Gasteiger charge is -2.37. The Morgan fingerprint density at radius 1 is 1.39 bits per heavy atom. The number of hydrogen-bond donors (Lipinski definition) is 0. The summed E-state index contributed by atoms with van der Waals surface area (Å²) in [6, 6.07) is 8.11. The molecule has 0 spiro atoms. The maximum Gasteiger partial charge on any atom is 0.235 e. The highest BCUT2D eigenvalue weighted by Gasteiger charge is 2.38. The predicted octanol–water partition coefficient (Wildman–Crippen LogP) is 2.59. The van der Waals surface area contributed by atoms with Crippen molar-refractivity contribution in [3.63, 3.8) is 0 Å². The minimum atomic E-state index is -0.335. The van der Waals surface area contributed by atoms with E-state index in [1.165, 1.54) is 0 Å². The van der Waals surface area contributed by atoms with Gasteiger partial charge >= 0.3 is 0 Å². The number of isocyanates is 1. The number of rotatable bonds is 3. The molecule has 0 bridgehead atoms. The van der Waals surface area contributed by atoms with Gasteiger partial charge in [0.05, 0.1) is 11.9 Å². The van der Waals surface area contributed by atoms with Crippen LogP contribution in [-0.4, -0.2) is 15.6 Å². The number of hydrogen-bond acceptors (Lipinski definition) is 3. The lowest BCUT2D eigenvalue weighted by Crippen LogP contribution is -2.31. The maximum atomic E-state index is 10.6. The minimum absolute atomic E-state index is 0.335. The van der Waals surface area contributed by atoms with E-state index in [1.54, 1.807) is 18.6 Å². The molecule has 0 saturated heterocycles. The van der Waals surface area contributed by atoms with E-state index in [4.69, 9.17) is 0 Å². The van der Waals surface area contributed by atoms with Gasteiger partial charge in [0.15, 0.2) is 0 Å². The summed E-state index contributed by atoms with van der Waals surface area (Å²) in [6.07, 6.45) is 10.1. The predicted molar refractivity (Wildman–Crippen MR) is 67.2 cm³/mol. The highest BCUT2D eigenvalue weighted by atomic mass is 16.1. The first kappa shape index (κ1) is 10.9. The monoisotopic (exact) mass is 239 g/mol. The van der Waals surface area contributed by atoms with Gasteiger partial charge in [-0.05, 0) is 37.0 Å². The van der Waals surface area contributed by atoms with Gasteiger partial charge in [-0.15, -0.1) is 0 Å². The van der Waals surface area contributed by atoms with Gasteiger partial charge in [-0.1, -0.05) is 12.1 Å². The number of benzene rings is 1. The lowest BCUT2D eigenvalue weighted by molar-refractivity contribution is 0.256. The number of carbonyl (C=O) groups excluding carboxylic acids is 1. The Labute approximate surface area is 105 Å². The van der Waals surface area contributed by atoms with Crippen LogP contribution in [0.1, 0.15) is 24.8 Å². The molecule has 1 aliphatic carbocycles. The van der Waals surface area contributed by atoms with Crippen molar-refractivity contribution in [3.8, 4) is 5.69 Å². The van der Waals surface area contributed by atoms with Crippen LogP contribution in [0.15, 0.2) is 48.0 Å². The SMILES string of the molecule is O=C=NC1(c2cccc(-n3ccnc3)c2)CCC1. The van der Waals surface area contributed by atoms with E-state index >= 15 is 0 Å². The minimum Gasteiger partial charge on any atom is -0.306 e.